The monoisotopic (exact) mass is 392 g/mol. The molecule has 0 aromatic heterocycles. The molecule has 1 aliphatic heterocycles. The fourth-order valence-electron chi connectivity index (χ4n) is 3.33. The maximum atomic E-state index is 12.3. The van der Waals surface area contributed by atoms with Gasteiger partial charge in [-0.1, -0.05) is 29.3 Å². The first-order valence-electron chi connectivity index (χ1n) is 7.58. The average Bonchev–Trinajstić information content (AvgIpc) is 3.03. The predicted molar refractivity (Wildman–Crippen MR) is 92.4 cm³/mol. The summed E-state index contributed by atoms with van der Waals surface area (Å²) in [5.41, 5.74) is 1.90. The lowest BCUT2D eigenvalue weighted by molar-refractivity contribution is 0.101. The Bertz CT molecular complexity index is 769. The number of halogens is 2. The summed E-state index contributed by atoms with van der Waals surface area (Å²) in [6, 6.07) is 2.44. The number of sulfone groups is 1. The molecular weight excluding hydrogens is 375 g/mol. The van der Waals surface area contributed by atoms with Gasteiger partial charge in [0.2, 0.25) is 0 Å². The number of rotatable bonds is 3. The molecule has 0 spiro atoms. The van der Waals surface area contributed by atoms with Crippen LogP contribution in [0.2, 0.25) is 10.0 Å². The van der Waals surface area contributed by atoms with Crippen molar-refractivity contribution in [2.45, 2.75) is 31.0 Å². The SMILES string of the molecule is COC1CS(=O)(=O)CC1NC(=O)NC1CCc2c1ccc(Cl)c2Cl. The summed E-state index contributed by atoms with van der Waals surface area (Å²) in [5, 5.41) is 6.61. The normalized spacial score (nSPS) is 27.7. The zero-order valence-corrected chi connectivity index (χ0v) is 15.3. The van der Waals surface area contributed by atoms with Gasteiger partial charge in [-0.2, -0.15) is 0 Å². The second-order valence-corrected chi connectivity index (χ2v) is 9.03. The molecule has 0 bridgehead atoms. The standard InChI is InChI=1S/C15H18Cl2N2O4S/c1-23-13-7-24(21,22)6-12(13)19-15(20)18-11-5-3-9-8(11)2-4-10(16)14(9)17/h2,4,11-13H,3,5-7H2,1H3,(H2,18,19,20). The summed E-state index contributed by atoms with van der Waals surface area (Å²) < 4.78 is 28.5. The molecule has 1 fully saturated rings. The molecule has 132 valence electrons. The van der Waals surface area contributed by atoms with Crippen LogP contribution in [0.5, 0.6) is 0 Å². The lowest BCUT2D eigenvalue weighted by Gasteiger charge is -2.21. The summed E-state index contributed by atoms with van der Waals surface area (Å²) in [6.45, 7) is 0. The van der Waals surface area contributed by atoms with Gasteiger partial charge in [-0.3, -0.25) is 0 Å². The molecule has 1 aromatic rings. The van der Waals surface area contributed by atoms with E-state index in [-0.39, 0.29) is 17.5 Å². The van der Waals surface area contributed by atoms with Crippen molar-refractivity contribution in [3.05, 3.63) is 33.3 Å². The first-order valence-corrected chi connectivity index (χ1v) is 10.2. The molecule has 6 nitrogen and oxygen atoms in total. The Kier molecular flexibility index (Phi) is 4.97. The molecule has 3 atom stereocenters. The number of carbonyl (C=O) groups is 1. The average molecular weight is 393 g/mol. The third-order valence-electron chi connectivity index (χ3n) is 4.52. The van der Waals surface area contributed by atoms with E-state index in [0.717, 1.165) is 24.0 Å². The minimum atomic E-state index is -3.19. The van der Waals surface area contributed by atoms with Gasteiger partial charge in [0.1, 0.15) is 0 Å². The summed E-state index contributed by atoms with van der Waals surface area (Å²) in [6.07, 6.45) is 0.933. The van der Waals surface area contributed by atoms with Gasteiger partial charge in [-0.15, -0.1) is 0 Å². The van der Waals surface area contributed by atoms with Crippen LogP contribution in [-0.4, -0.2) is 45.2 Å². The number of benzene rings is 1. The molecule has 2 N–H and O–H groups in total. The first kappa shape index (κ1) is 17.8. The van der Waals surface area contributed by atoms with E-state index in [4.69, 9.17) is 27.9 Å². The number of methoxy groups -OCH3 is 1. The Morgan fingerprint density at radius 3 is 2.71 bits per heavy atom. The van der Waals surface area contributed by atoms with Gasteiger partial charge in [0, 0.05) is 7.11 Å². The molecule has 3 rings (SSSR count). The summed E-state index contributed by atoms with van der Waals surface area (Å²) in [4.78, 5) is 12.3. The summed E-state index contributed by atoms with van der Waals surface area (Å²) >= 11 is 12.2. The van der Waals surface area contributed by atoms with Crippen molar-refractivity contribution in [1.82, 2.24) is 10.6 Å². The zero-order valence-electron chi connectivity index (χ0n) is 13.0. The Hall–Kier alpha value is -1.02. The largest absolute Gasteiger partial charge is 0.378 e. The highest BCUT2D eigenvalue weighted by molar-refractivity contribution is 7.91. The van der Waals surface area contributed by atoms with E-state index >= 15 is 0 Å². The minimum Gasteiger partial charge on any atom is -0.378 e. The van der Waals surface area contributed by atoms with Gasteiger partial charge < -0.3 is 15.4 Å². The molecule has 3 unspecified atom stereocenters. The molecule has 2 amide bonds. The molecule has 0 saturated carbocycles. The van der Waals surface area contributed by atoms with Crippen LogP contribution in [-0.2, 0) is 21.0 Å². The molecule has 1 heterocycles. The van der Waals surface area contributed by atoms with Crippen molar-refractivity contribution >= 4 is 39.1 Å². The highest BCUT2D eigenvalue weighted by atomic mass is 35.5. The number of amides is 2. The molecule has 0 radical (unpaired) electrons. The van der Waals surface area contributed by atoms with Crippen molar-refractivity contribution in [2.24, 2.45) is 0 Å². The third kappa shape index (κ3) is 3.49. The topological polar surface area (TPSA) is 84.5 Å². The van der Waals surface area contributed by atoms with Crippen LogP contribution < -0.4 is 10.6 Å². The van der Waals surface area contributed by atoms with Gasteiger partial charge in [0.15, 0.2) is 9.84 Å². The Morgan fingerprint density at radius 1 is 1.25 bits per heavy atom. The highest BCUT2D eigenvalue weighted by Crippen LogP contribution is 2.39. The number of fused-ring (bicyclic) bond motifs is 1. The van der Waals surface area contributed by atoms with Crippen molar-refractivity contribution in [2.75, 3.05) is 18.6 Å². The van der Waals surface area contributed by atoms with Gasteiger partial charge in [0.25, 0.3) is 0 Å². The van der Waals surface area contributed by atoms with Crippen LogP contribution in [0.25, 0.3) is 0 Å². The molecule has 9 heteroatoms. The molecule has 24 heavy (non-hydrogen) atoms. The third-order valence-corrected chi connectivity index (χ3v) is 7.06. The van der Waals surface area contributed by atoms with Crippen molar-refractivity contribution in [1.29, 1.82) is 0 Å². The minimum absolute atomic E-state index is 0.0746. The maximum Gasteiger partial charge on any atom is 0.315 e. The van der Waals surface area contributed by atoms with Gasteiger partial charge in [-0.25, -0.2) is 13.2 Å². The van der Waals surface area contributed by atoms with Gasteiger partial charge in [-0.05, 0) is 30.0 Å². The van der Waals surface area contributed by atoms with E-state index in [1.807, 2.05) is 6.07 Å². The van der Waals surface area contributed by atoms with Crippen LogP contribution in [0, 0.1) is 0 Å². The number of hydrogen-bond acceptors (Lipinski definition) is 4. The highest BCUT2D eigenvalue weighted by Gasteiger charge is 2.39. The van der Waals surface area contributed by atoms with Crippen LogP contribution in [0.3, 0.4) is 0 Å². The predicted octanol–water partition coefficient (Wildman–Crippen LogP) is 2.09. The summed E-state index contributed by atoms with van der Waals surface area (Å²) in [7, 11) is -1.75. The molecule has 1 saturated heterocycles. The fraction of sp³-hybridized carbons (Fsp3) is 0.533. The first-order chi connectivity index (χ1) is 11.3. The van der Waals surface area contributed by atoms with Crippen LogP contribution in [0.1, 0.15) is 23.6 Å². The van der Waals surface area contributed by atoms with E-state index in [2.05, 4.69) is 10.6 Å². The lowest BCUT2D eigenvalue weighted by atomic mass is 10.1. The summed E-state index contributed by atoms with van der Waals surface area (Å²) in [5.74, 6) is -0.184. The van der Waals surface area contributed by atoms with Crippen molar-refractivity contribution in [3.8, 4) is 0 Å². The number of urea groups is 1. The van der Waals surface area contributed by atoms with E-state index < -0.39 is 28.0 Å². The van der Waals surface area contributed by atoms with E-state index in [1.54, 1.807) is 6.07 Å². The van der Waals surface area contributed by atoms with Crippen LogP contribution in [0.4, 0.5) is 4.79 Å². The molecule has 1 aromatic carbocycles. The number of hydrogen-bond donors (Lipinski definition) is 2. The Balaban J connectivity index is 1.66. The smallest absolute Gasteiger partial charge is 0.315 e. The van der Waals surface area contributed by atoms with Crippen molar-refractivity contribution < 1.29 is 17.9 Å². The maximum absolute atomic E-state index is 12.3. The van der Waals surface area contributed by atoms with E-state index in [1.165, 1.54) is 7.11 Å². The van der Waals surface area contributed by atoms with Crippen molar-refractivity contribution in [3.63, 3.8) is 0 Å². The lowest BCUT2D eigenvalue weighted by Crippen LogP contribution is -2.48. The second kappa shape index (κ2) is 6.71. The number of nitrogens with one attached hydrogen (secondary N) is 2. The molecule has 2 aliphatic rings. The zero-order chi connectivity index (χ0) is 17.5. The Labute approximate surface area is 150 Å². The van der Waals surface area contributed by atoms with E-state index in [0.29, 0.717) is 10.0 Å². The van der Waals surface area contributed by atoms with Crippen LogP contribution in [0.15, 0.2) is 12.1 Å². The van der Waals surface area contributed by atoms with Gasteiger partial charge >= 0.3 is 6.03 Å². The van der Waals surface area contributed by atoms with Gasteiger partial charge in [0.05, 0.1) is 39.7 Å². The quantitative estimate of drug-likeness (QED) is 0.824. The number of ether oxygens (including phenoxy) is 1. The molecular formula is C15H18Cl2N2O4S. The molecule has 1 aliphatic carbocycles. The fourth-order valence-corrected chi connectivity index (χ4v) is 5.63. The Morgan fingerprint density at radius 2 is 2.00 bits per heavy atom. The second-order valence-electron chi connectivity index (χ2n) is 6.10. The van der Waals surface area contributed by atoms with E-state index in [9.17, 15) is 13.2 Å². The number of carbonyl (C=O) groups excluding carboxylic acids is 1. The van der Waals surface area contributed by atoms with Crippen LogP contribution >= 0.6 is 23.2 Å².